The summed E-state index contributed by atoms with van der Waals surface area (Å²) in [6, 6.07) is 14.0. The smallest absolute Gasteiger partial charge is 0.123 e. The van der Waals surface area contributed by atoms with Gasteiger partial charge in [-0.3, -0.25) is 0 Å². The average Bonchev–Trinajstić information content (AvgIpc) is 3.19. The van der Waals surface area contributed by atoms with E-state index >= 15 is 0 Å². The van der Waals surface area contributed by atoms with Gasteiger partial charge in [-0.1, -0.05) is 71.0 Å². The molecule has 1 heterocycles. The lowest BCUT2D eigenvalue weighted by molar-refractivity contribution is 0.0560. The lowest BCUT2D eigenvalue weighted by Crippen LogP contribution is -2.27. The molecule has 0 bridgehead atoms. The largest absolute Gasteiger partial charge is 0.393 e. The lowest BCUT2D eigenvalue weighted by atomic mass is 9.69. The summed E-state index contributed by atoms with van der Waals surface area (Å²) in [5.41, 5.74) is 8.98. The zero-order valence-corrected chi connectivity index (χ0v) is 22.6. The van der Waals surface area contributed by atoms with E-state index in [1.807, 2.05) is 0 Å². The summed E-state index contributed by atoms with van der Waals surface area (Å²) in [6.07, 6.45) is 3.54. The Morgan fingerprint density at radius 2 is 1.52 bits per heavy atom. The molecule has 2 aromatic carbocycles. The van der Waals surface area contributed by atoms with Crippen LogP contribution in [0.1, 0.15) is 87.4 Å². The summed E-state index contributed by atoms with van der Waals surface area (Å²) in [5.74, 6) is 0. The molecule has 0 aliphatic heterocycles. The van der Waals surface area contributed by atoms with Gasteiger partial charge >= 0.3 is 0 Å². The number of aliphatic hydroxyl groups is 1. The Kier molecular flexibility index (Phi) is 7.86. The molecule has 3 rings (SSSR count). The van der Waals surface area contributed by atoms with Crippen molar-refractivity contribution in [3.63, 3.8) is 0 Å². The van der Waals surface area contributed by atoms with Crippen LogP contribution >= 0.6 is 11.3 Å². The molecule has 0 aliphatic carbocycles. The van der Waals surface area contributed by atoms with Crippen molar-refractivity contribution >= 4 is 11.3 Å². The van der Waals surface area contributed by atoms with E-state index < -0.39 is 0 Å². The second-order valence-electron chi connectivity index (χ2n) is 10.7. The molecule has 1 unspecified atom stereocenters. The summed E-state index contributed by atoms with van der Waals surface area (Å²) in [4.78, 5) is 4.70. The number of thiazole rings is 1. The van der Waals surface area contributed by atoms with E-state index in [0.717, 1.165) is 36.4 Å². The monoisotopic (exact) mass is 463 g/mol. The van der Waals surface area contributed by atoms with Crippen molar-refractivity contribution in [1.82, 2.24) is 4.98 Å². The molecule has 0 aliphatic rings. The Morgan fingerprint density at radius 1 is 0.909 bits per heavy atom. The van der Waals surface area contributed by atoms with Gasteiger partial charge in [0.25, 0.3) is 0 Å². The molecule has 1 atom stereocenters. The number of aromatic nitrogens is 1. The topological polar surface area (TPSA) is 33.1 Å². The van der Waals surface area contributed by atoms with E-state index in [-0.39, 0.29) is 16.9 Å². The van der Waals surface area contributed by atoms with Gasteiger partial charge < -0.3 is 5.11 Å². The van der Waals surface area contributed by atoms with Gasteiger partial charge in [-0.2, -0.15) is 0 Å². The minimum atomic E-state index is -0.287. The Morgan fingerprint density at radius 3 is 2.00 bits per heavy atom. The van der Waals surface area contributed by atoms with Gasteiger partial charge in [0.15, 0.2) is 0 Å². The fourth-order valence-corrected chi connectivity index (χ4v) is 5.80. The maximum atomic E-state index is 10.5. The molecular weight excluding hydrogens is 422 g/mol. The molecule has 3 aromatic rings. The first-order valence-corrected chi connectivity index (χ1v) is 13.2. The number of benzene rings is 2. The van der Waals surface area contributed by atoms with Gasteiger partial charge in [0.1, 0.15) is 5.01 Å². The van der Waals surface area contributed by atoms with Gasteiger partial charge in [0.05, 0.1) is 6.10 Å². The highest BCUT2D eigenvalue weighted by molar-refractivity contribution is 7.13. The minimum Gasteiger partial charge on any atom is -0.393 e. The molecule has 0 radical (unpaired) electrons. The van der Waals surface area contributed by atoms with Crippen LogP contribution in [0.2, 0.25) is 0 Å². The summed E-state index contributed by atoms with van der Waals surface area (Å²) in [5, 5.41) is 13.7. The summed E-state index contributed by atoms with van der Waals surface area (Å²) >= 11 is 1.72. The molecule has 0 fully saturated rings. The molecule has 2 nitrogen and oxygen atoms in total. The third kappa shape index (κ3) is 5.41. The molecule has 0 spiro atoms. The Bertz CT molecular complexity index is 1080. The van der Waals surface area contributed by atoms with Crippen molar-refractivity contribution in [2.75, 3.05) is 0 Å². The first-order chi connectivity index (χ1) is 15.5. The van der Waals surface area contributed by atoms with Crippen LogP contribution in [0.25, 0.3) is 10.6 Å². The third-order valence-electron chi connectivity index (χ3n) is 7.42. The fraction of sp³-hybridized carbons (Fsp3) is 0.500. The Hall–Kier alpha value is -1.97. The predicted octanol–water partition coefficient (Wildman–Crippen LogP) is 8.18. The van der Waals surface area contributed by atoms with Crippen LogP contribution in [0.5, 0.6) is 0 Å². The fourth-order valence-electron chi connectivity index (χ4n) is 4.91. The number of aliphatic hydroxyl groups excluding tert-OH is 1. The highest BCUT2D eigenvalue weighted by Gasteiger charge is 2.31. The van der Waals surface area contributed by atoms with Gasteiger partial charge in [-0.05, 0) is 79.7 Å². The summed E-state index contributed by atoms with van der Waals surface area (Å²) in [7, 11) is 0. The molecule has 1 N–H and O–H groups in total. The van der Waals surface area contributed by atoms with Crippen molar-refractivity contribution in [3.05, 3.63) is 75.3 Å². The van der Waals surface area contributed by atoms with E-state index in [1.54, 1.807) is 11.3 Å². The number of nitrogens with zero attached hydrogens (tertiary/aromatic N) is 1. The third-order valence-corrected chi connectivity index (χ3v) is 8.41. The molecule has 0 saturated carbocycles. The van der Waals surface area contributed by atoms with Crippen LogP contribution in [-0.4, -0.2) is 16.2 Å². The van der Waals surface area contributed by atoms with Crippen molar-refractivity contribution < 1.29 is 5.11 Å². The molecule has 178 valence electrons. The lowest BCUT2D eigenvalue weighted by Gasteiger charge is -2.34. The highest BCUT2D eigenvalue weighted by Crippen LogP contribution is 2.41. The maximum Gasteiger partial charge on any atom is 0.123 e. The van der Waals surface area contributed by atoms with Crippen LogP contribution in [0.3, 0.4) is 0 Å². The predicted molar refractivity (Wildman–Crippen MR) is 143 cm³/mol. The van der Waals surface area contributed by atoms with Crippen molar-refractivity contribution in [3.8, 4) is 10.6 Å². The molecule has 0 saturated heterocycles. The van der Waals surface area contributed by atoms with Gasteiger partial charge in [0.2, 0.25) is 0 Å². The number of rotatable bonds is 8. The van der Waals surface area contributed by atoms with Crippen molar-refractivity contribution in [2.24, 2.45) is 5.41 Å². The Labute approximate surface area is 205 Å². The van der Waals surface area contributed by atoms with E-state index in [4.69, 9.17) is 4.98 Å². The van der Waals surface area contributed by atoms with E-state index in [1.165, 1.54) is 33.4 Å². The summed E-state index contributed by atoms with van der Waals surface area (Å²) < 4.78 is 0. The second-order valence-corrected chi connectivity index (χ2v) is 11.5. The summed E-state index contributed by atoms with van der Waals surface area (Å²) in [6.45, 7) is 17.4. The normalized spacial score (nSPS) is 13.4. The van der Waals surface area contributed by atoms with Gasteiger partial charge in [0, 0.05) is 22.1 Å². The molecule has 1 aromatic heterocycles. The Balaban J connectivity index is 1.93. The van der Waals surface area contributed by atoms with E-state index in [0.29, 0.717) is 0 Å². The molecule has 3 heteroatoms. The second kappa shape index (κ2) is 10.1. The first-order valence-electron chi connectivity index (χ1n) is 12.3. The van der Waals surface area contributed by atoms with Crippen LogP contribution in [-0.2, 0) is 11.8 Å². The van der Waals surface area contributed by atoms with Crippen LogP contribution in [0.15, 0.2) is 41.8 Å². The quantitative estimate of drug-likeness (QED) is 0.365. The SMILES string of the molecule is CCC(CC)(c1ccc(CCC(O)C(C)(C)C)c(C)c1)c1ccc(-c2nc(C)cs2)c(C)c1. The van der Waals surface area contributed by atoms with Gasteiger partial charge in [-0.25, -0.2) is 4.98 Å². The van der Waals surface area contributed by atoms with Crippen molar-refractivity contribution in [2.45, 2.75) is 92.6 Å². The maximum absolute atomic E-state index is 10.5. The van der Waals surface area contributed by atoms with Crippen molar-refractivity contribution in [1.29, 1.82) is 0 Å². The molecule has 0 amide bonds. The zero-order valence-electron chi connectivity index (χ0n) is 21.7. The molecular formula is C30H41NOS. The zero-order chi connectivity index (χ0) is 24.4. The minimum absolute atomic E-state index is 0.00367. The number of aryl methyl sites for hydroxylation is 4. The van der Waals surface area contributed by atoms with E-state index in [9.17, 15) is 5.11 Å². The van der Waals surface area contributed by atoms with Gasteiger partial charge in [-0.15, -0.1) is 11.3 Å². The number of hydrogen-bond donors (Lipinski definition) is 1. The molecule has 33 heavy (non-hydrogen) atoms. The van der Waals surface area contributed by atoms with Crippen LogP contribution < -0.4 is 0 Å². The number of hydrogen-bond acceptors (Lipinski definition) is 3. The first kappa shape index (κ1) is 25.6. The standard InChI is InChI=1S/C30H41NOS/c1-9-30(10-2,25-14-15-26(21(4)18-25)28-31-22(5)19-33-28)24-13-11-23(20(3)17-24)12-16-27(32)29(6,7)8/h11,13-15,17-19,27,32H,9-10,12,16H2,1-8H3. The van der Waals surface area contributed by atoms with E-state index in [2.05, 4.69) is 97.2 Å². The highest BCUT2D eigenvalue weighted by atomic mass is 32.1. The average molecular weight is 464 g/mol. The van der Waals surface area contributed by atoms with Crippen LogP contribution in [0, 0.1) is 26.2 Å². The van der Waals surface area contributed by atoms with Crippen LogP contribution in [0.4, 0.5) is 0 Å².